The monoisotopic (exact) mass is 409 g/mol. The van der Waals surface area contributed by atoms with Gasteiger partial charge >= 0.3 is 5.97 Å². The fraction of sp³-hybridized carbons (Fsp3) is 0.118. The maximum absolute atomic E-state index is 12.2. The molecular weight excluding hydrogens is 394 g/mol. The van der Waals surface area contributed by atoms with Crippen LogP contribution in [0.1, 0.15) is 11.1 Å². The summed E-state index contributed by atoms with van der Waals surface area (Å²) in [5.74, 6) is -1.18. The number of hydrogen-bond donors (Lipinski definition) is 2. The minimum Gasteiger partial charge on any atom is -0.478 e. The SMILES string of the molecule is Cc1ccc(S(=O)(=O)NC/C(=C\c2ccc(Br)cc2)C(=O)O)cc1. The molecule has 0 bridgehead atoms. The van der Waals surface area contributed by atoms with Gasteiger partial charge in [-0.3, -0.25) is 0 Å². The summed E-state index contributed by atoms with van der Waals surface area (Å²) in [7, 11) is -3.77. The molecule has 2 rings (SSSR count). The predicted molar refractivity (Wildman–Crippen MR) is 96.1 cm³/mol. The molecular formula is C17H16BrNO4S. The number of halogens is 1. The van der Waals surface area contributed by atoms with Gasteiger partial charge in [-0.25, -0.2) is 17.9 Å². The zero-order chi connectivity index (χ0) is 17.7. The van der Waals surface area contributed by atoms with Crippen molar-refractivity contribution in [3.63, 3.8) is 0 Å². The molecule has 0 aliphatic heterocycles. The van der Waals surface area contributed by atoms with Crippen molar-refractivity contribution in [1.29, 1.82) is 0 Å². The summed E-state index contributed by atoms with van der Waals surface area (Å²) < 4.78 is 27.7. The lowest BCUT2D eigenvalue weighted by molar-refractivity contribution is -0.132. The molecule has 0 aliphatic rings. The van der Waals surface area contributed by atoms with Gasteiger partial charge in [-0.2, -0.15) is 0 Å². The number of hydrogen-bond acceptors (Lipinski definition) is 3. The van der Waals surface area contributed by atoms with Gasteiger partial charge in [0.1, 0.15) is 0 Å². The van der Waals surface area contributed by atoms with Crippen molar-refractivity contribution in [1.82, 2.24) is 4.72 Å². The first-order chi connectivity index (χ1) is 11.3. The molecule has 0 aromatic heterocycles. The second-order valence-electron chi connectivity index (χ2n) is 5.16. The summed E-state index contributed by atoms with van der Waals surface area (Å²) in [4.78, 5) is 11.5. The number of aryl methyl sites for hydroxylation is 1. The number of rotatable bonds is 6. The largest absolute Gasteiger partial charge is 0.478 e. The average Bonchev–Trinajstić information content (AvgIpc) is 2.53. The highest BCUT2D eigenvalue weighted by molar-refractivity contribution is 9.10. The van der Waals surface area contributed by atoms with Crippen molar-refractivity contribution in [3.05, 3.63) is 69.7 Å². The van der Waals surface area contributed by atoms with Crippen LogP contribution in [0.3, 0.4) is 0 Å². The van der Waals surface area contributed by atoms with Gasteiger partial charge in [0.25, 0.3) is 0 Å². The van der Waals surface area contributed by atoms with E-state index in [1.165, 1.54) is 18.2 Å². The number of carboxylic acid groups (broad SMARTS) is 1. The lowest BCUT2D eigenvalue weighted by atomic mass is 10.1. The van der Waals surface area contributed by atoms with E-state index in [0.717, 1.165) is 10.0 Å². The second kappa shape index (κ2) is 7.74. The minimum absolute atomic E-state index is 0.0481. The molecule has 0 heterocycles. The molecule has 0 saturated heterocycles. The van der Waals surface area contributed by atoms with Gasteiger partial charge in [0.2, 0.25) is 10.0 Å². The Morgan fingerprint density at radius 3 is 2.25 bits per heavy atom. The molecule has 0 amide bonds. The van der Waals surface area contributed by atoms with E-state index < -0.39 is 16.0 Å². The van der Waals surface area contributed by atoms with Crippen molar-refractivity contribution in [2.75, 3.05) is 6.54 Å². The van der Waals surface area contributed by atoms with Crippen LogP contribution in [0.5, 0.6) is 0 Å². The molecule has 2 aromatic rings. The van der Waals surface area contributed by atoms with E-state index in [1.807, 2.05) is 6.92 Å². The van der Waals surface area contributed by atoms with Crippen molar-refractivity contribution in [2.24, 2.45) is 0 Å². The fourth-order valence-electron chi connectivity index (χ4n) is 1.92. The first-order valence-corrected chi connectivity index (χ1v) is 9.31. The van der Waals surface area contributed by atoms with Crippen molar-refractivity contribution < 1.29 is 18.3 Å². The third-order valence-corrected chi connectivity index (χ3v) is 5.22. The standard InChI is InChI=1S/C17H16BrNO4S/c1-12-2-8-16(9-3-12)24(22,23)19-11-14(17(20)21)10-13-4-6-15(18)7-5-13/h2-10,19H,11H2,1H3,(H,20,21)/b14-10+. The van der Waals surface area contributed by atoms with E-state index in [2.05, 4.69) is 20.7 Å². The van der Waals surface area contributed by atoms with Crippen molar-refractivity contribution >= 4 is 38.0 Å². The summed E-state index contributed by atoms with van der Waals surface area (Å²) in [5, 5.41) is 9.28. The van der Waals surface area contributed by atoms with Crippen LogP contribution in [0.25, 0.3) is 6.08 Å². The van der Waals surface area contributed by atoms with Gasteiger partial charge in [0, 0.05) is 11.0 Å². The smallest absolute Gasteiger partial charge is 0.332 e. The van der Waals surface area contributed by atoms with Crippen molar-refractivity contribution in [2.45, 2.75) is 11.8 Å². The Labute approximate surface area is 149 Å². The number of aliphatic carboxylic acids is 1. The summed E-state index contributed by atoms with van der Waals surface area (Å²) in [6.45, 7) is 1.55. The third-order valence-electron chi connectivity index (χ3n) is 3.27. The Hall–Kier alpha value is -1.96. The quantitative estimate of drug-likeness (QED) is 0.717. The molecule has 7 heteroatoms. The first-order valence-electron chi connectivity index (χ1n) is 7.04. The average molecular weight is 410 g/mol. The van der Waals surface area contributed by atoms with Crippen LogP contribution in [0.4, 0.5) is 0 Å². The molecule has 0 radical (unpaired) electrons. The maximum atomic E-state index is 12.2. The van der Waals surface area contributed by atoms with Crippen LogP contribution >= 0.6 is 15.9 Å². The van der Waals surface area contributed by atoms with Crippen LogP contribution in [0.2, 0.25) is 0 Å². The predicted octanol–water partition coefficient (Wildman–Crippen LogP) is 3.20. The van der Waals surface area contributed by atoms with E-state index in [0.29, 0.717) is 5.56 Å². The van der Waals surface area contributed by atoms with Gasteiger partial charge < -0.3 is 5.11 Å². The van der Waals surface area contributed by atoms with Crippen molar-refractivity contribution in [3.8, 4) is 0 Å². The molecule has 0 unspecified atom stereocenters. The minimum atomic E-state index is -3.77. The number of carboxylic acids is 1. The molecule has 0 atom stereocenters. The van der Waals surface area contributed by atoms with Gasteiger partial charge in [-0.15, -0.1) is 0 Å². The van der Waals surface area contributed by atoms with Crippen LogP contribution in [0, 0.1) is 6.92 Å². The maximum Gasteiger partial charge on any atom is 0.332 e. The van der Waals surface area contributed by atoms with E-state index >= 15 is 0 Å². The summed E-state index contributed by atoms with van der Waals surface area (Å²) in [6.07, 6.45) is 1.44. The van der Waals surface area contributed by atoms with Gasteiger partial charge in [0.05, 0.1) is 10.5 Å². The molecule has 2 N–H and O–H groups in total. The molecule has 0 fully saturated rings. The number of benzene rings is 2. The fourth-order valence-corrected chi connectivity index (χ4v) is 3.19. The Kier molecular flexibility index (Phi) is 5.93. The molecule has 24 heavy (non-hydrogen) atoms. The Morgan fingerprint density at radius 1 is 1.12 bits per heavy atom. The first kappa shape index (κ1) is 18.4. The summed E-state index contributed by atoms with van der Waals surface area (Å²) in [5.41, 5.74) is 1.56. The summed E-state index contributed by atoms with van der Waals surface area (Å²) >= 11 is 3.30. The van der Waals surface area contributed by atoms with Gasteiger partial charge in [0.15, 0.2) is 0 Å². The highest BCUT2D eigenvalue weighted by Crippen LogP contribution is 2.14. The molecule has 0 aliphatic carbocycles. The molecule has 0 spiro atoms. The number of carbonyl (C=O) groups is 1. The lowest BCUT2D eigenvalue weighted by Gasteiger charge is -2.08. The molecule has 0 saturated carbocycles. The highest BCUT2D eigenvalue weighted by Gasteiger charge is 2.16. The number of nitrogens with one attached hydrogen (secondary N) is 1. The summed E-state index contributed by atoms with van der Waals surface area (Å²) in [6, 6.07) is 13.4. The lowest BCUT2D eigenvalue weighted by Crippen LogP contribution is -2.28. The van der Waals surface area contributed by atoms with E-state index in [9.17, 15) is 18.3 Å². The normalized spacial score (nSPS) is 12.2. The zero-order valence-corrected chi connectivity index (χ0v) is 15.3. The van der Waals surface area contributed by atoms with E-state index in [1.54, 1.807) is 36.4 Å². The molecule has 2 aromatic carbocycles. The zero-order valence-electron chi connectivity index (χ0n) is 12.9. The van der Waals surface area contributed by atoms with Crippen LogP contribution in [0.15, 0.2) is 63.5 Å². The topological polar surface area (TPSA) is 83.5 Å². The van der Waals surface area contributed by atoms with Crippen LogP contribution in [-0.4, -0.2) is 26.0 Å². The van der Waals surface area contributed by atoms with Gasteiger partial charge in [-0.1, -0.05) is 45.8 Å². The Morgan fingerprint density at radius 2 is 1.71 bits per heavy atom. The molecule has 126 valence electrons. The highest BCUT2D eigenvalue weighted by atomic mass is 79.9. The van der Waals surface area contributed by atoms with Crippen LogP contribution in [-0.2, 0) is 14.8 Å². The Balaban J connectivity index is 2.18. The van der Waals surface area contributed by atoms with E-state index in [-0.39, 0.29) is 17.0 Å². The Bertz CT molecular complexity index is 856. The third kappa shape index (κ3) is 5.02. The van der Waals surface area contributed by atoms with Gasteiger partial charge in [-0.05, 0) is 42.8 Å². The second-order valence-corrected chi connectivity index (χ2v) is 7.85. The molecule has 5 nitrogen and oxygen atoms in total. The van der Waals surface area contributed by atoms with E-state index in [4.69, 9.17) is 0 Å². The van der Waals surface area contributed by atoms with Crippen LogP contribution < -0.4 is 4.72 Å². The number of sulfonamides is 1.